The van der Waals surface area contributed by atoms with Gasteiger partial charge >= 0.3 is 0 Å². The number of benzene rings is 2. The third-order valence-electron chi connectivity index (χ3n) is 7.11. The van der Waals surface area contributed by atoms with Crippen LogP contribution in [0.4, 0.5) is 10.1 Å². The summed E-state index contributed by atoms with van der Waals surface area (Å²) in [4.78, 5) is 43.8. The lowest BCUT2D eigenvalue weighted by Crippen LogP contribution is -2.57. The van der Waals surface area contributed by atoms with Crippen LogP contribution in [0, 0.1) is 15.9 Å². The van der Waals surface area contributed by atoms with Crippen LogP contribution in [0.15, 0.2) is 60.0 Å². The van der Waals surface area contributed by atoms with Crippen LogP contribution in [0.5, 0.6) is 0 Å². The van der Waals surface area contributed by atoms with Gasteiger partial charge in [0.2, 0.25) is 5.91 Å². The molecule has 2 aliphatic heterocycles. The molecule has 3 aromatic rings. The first-order valence-electron chi connectivity index (χ1n) is 12.2. The minimum absolute atomic E-state index is 0.0330. The average Bonchev–Trinajstić information content (AvgIpc) is 3.37. The SMILES string of the molecule is C[C@@H]1CN(C(=O)CN2CCc3sccc3[C@@H]2c2cccc(F)c2)CCN1C(=O)c1cccc([N+](=O)[O-])c1. The molecule has 1 aromatic heterocycles. The van der Waals surface area contributed by atoms with Gasteiger partial charge in [-0.2, -0.15) is 0 Å². The molecule has 37 heavy (non-hydrogen) atoms. The van der Waals surface area contributed by atoms with Crippen molar-refractivity contribution in [2.24, 2.45) is 0 Å². The van der Waals surface area contributed by atoms with Crippen LogP contribution in [-0.2, 0) is 11.2 Å². The van der Waals surface area contributed by atoms with Crippen LogP contribution in [-0.4, -0.2) is 70.2 Å². The van der Waals surface area contributed by atoms with E-state index in [9.17, 15) is 24.1 Å². The number of non-ortho nitro benzene ring substituents is 1. The highest BCUT2D eigenvalue weighted by Gasteiger charge is 2.35. The molecule has 0 bridgehead atoms. The maximum atomic E-state index is 14.1. The highest BCUT2D eigenvalue weighted by atomic mass is 32.1. The van der Waals surface area contributed by atoms with E-state index in [1.165, 1.54) is 35.2 Å². The number of amides is 2. The second kappa shape index (κ2) is 10.4. The molecule has 0 spiro atoms. The lowest BCUT2D eigenvalue weighted by molar-refractivity contribution is -0.384. The van der Waals surface area contributed by atoms with Crippen molar-refractivity contribution in [3.05, 3.63) is 97.5 Å². The first-order chi connectivity index (χ1) is 17.8. The van der Waals surface area contributed by atoms with Gasteiger partial charge in [0, 0.05) is 54.8 Å². The fourth-order valence-electron chi connectivity index (χ4n) is 5.28. The molecule has 192 valence electrons. The van der Waals surface area contributed by atoms with E-state index in [-0.39, 0.29) is 47.5 Å². The minimum Gasteiger partial charge on any atom is -0.338 e. The standard InChI is InChI=1S/C27H27FN4O4S/c1-18-16-29(11-12-31(18)27(34)20-5-3-7-22(15-20)32(35)36)25(33)17-30-10-8-24-23(9-13-37-24)26(30)19-4-2-6-21(28)14-19/h2-7,9,13-15,18,26H,8,10-12,16-17H2,1H3/t18-,26+/m1/s1. The maximum Gasteiger partial charge on any atom is 0.270 e. The van der Waals surface area contributed by atoms with E-state index in [4.69, 9.17) is 0 Å². The third kappa shape index (κ3) is 5.12. The quantitative estimate of drug-likeness (QED) is 0.372. The molecule has 2 atom stereocenters. The number of nitro benzene ring substituents is 1. The second-order valence-electron chi connectivity index (χ2n) is 9.47. The molecule has 1 fully saturated rings. The van der Waals surface area contributed by atoms with Gasteiger partial charge in [0.1, 0.15) is 5.82 Å². The Labute approximate surface area is 218 Å². The maximum absolute atomic E-state index is 14.1. The van der Waals surface area contributed by atoms with Crippen molar-refractivity contribution in [3.8, 4) is 0 Å². The van der Waals surface area contributed by atoms with E-state index in [0.29, 0.717) is 26.2 Å². The first-order valence-corrected chi connectivity index (χ1v) is 13.1. The summed E-state index contributed by atoms with van der Waals surface area (Å²) < 4.78 is 14.1. The topological polar surface area (TPSA) is 87.0 Å². The lowest BCUT2D eigenvalue weighted by Gasteiger charge is -2.42. The van der Waals surface area contributed by atoms with Crippen LogP contribution < -0.4 is 0 Å². The number of thiophene rings is 1. The number of hydrogen-bond donors (Lipinski definition) is 0. The van der Waals surface area contributed by atoms with Crippen molar-refractivity contribution in [2.75, 3.05) is 32.7 Å². The molecule has 0 aliphatic carbocycles. The van der Waals surface area contributed by atoms with E-state index < -0.39 is 4.92 Å². The van der Waals surface area contributed by atoms with Gasteiger partial charge in [-0.25, -0.2) is 4.39 Å². The number of nitrogens with zero attached hydrogens (tertiary/aromatic N) is 4. The summed E-state index contributed by atoms with van der Waals surface area (Å²) >= 11 is 1.69. The van der Waals surface area contributed by atoms with Gasteiger partial charge in [0.15, 0.2) is 0 Å². The Bertz CT molecular complexity index is 1350. The Balaban J connectivity index is 1.28. The molecule has 0 radical (unpaired) electrons. The zero-order chi connectivity index (χ0) is 26.1. The second-order valence-corrected chi connectivity index (χ2v) is 10.5. The number of fused-ring (bicyclic) bond motifs is 1. The fraction of sp³-hybridized carbons (Fsp3) is 0.333. The van der Waals surface area contributed by atoms with E-state index in [0.717, 1.165) is 17.5 Å². The number of carbonyl (C=O) groups excluding carboxylic acids is 2. The zero-order valence-corrected chi connectivity index (χ0v) is 21.2. The Kier molecular flexibility index (Phi) is 7.03. The van der Waals surface area contributed by atoms with Crippen molar-refractivity contribution in [1.29, 1.82) is 0 Å². The number of carbonyl (C=O) groups is 2. The Morgan fingerprint density at radius 3 is 2.68 bits per heavy atom. The molecule has 0 saturated carbocycles. The molecule has 1 saturated heterocycles. The van der Waals surface area contributed by atoms with Gasteiger partial charge in [0.25, 0.3) is 11.6 Å². The molecule has 2 amide bonds. The van der Waals surface area contributed by atoms with Gasteiger partial charge < -0.3 is 9.80 Å². The van der Waals surface area contributed by atoms with E-state index in [1.807, 2.05) is 18.4 Å². The molecule has 2 aromatic carbocycles. The fourth-order valence-corrected chi connectivity index (χ4v) is 6.19. The Morgan fingerprint density at radius 2 is 1.92 bits per heavy atom. The summed E-state index contributed by atoms with van der Waals surface area (Å²) in [6.45, 7) is 3.87. The lowest BCUT2D eigenvalue weighted by atomic mass is 9.93. The van der Waals surface area contributed by atoms with Gasteiger partial charge in [-0.15, -0.1) is 11.3 Å². The van der Waals surface area contributed by atoms with Crippen molar-refractivity contribution in [2.45, 2.75) is 25.4 Å². The van der Waals surface area contributed by atoms with Gasteiger partial charge in [-0.05, 0) is 54.1 Å². The molecule has 0 unspecified atom stereocenters. The Hall–Kier alpha value is -3.63. The molecule has 3 heterocycles. The number of hydrogen-bond acceptors (Lipinski definition) is 6. The molecule has 0 N–H and O–H groups in total. The molecular formula is C27H27FN4O4S. The number of nitro groups is 1. The first kappa shape index (κ1) is 25.0. The number of piperazine rings is 1. The summed E-state index contributed by atoms with van der Waals surface area (Å²) in [6, 6.07) is 13.9. The van der Waals surface area contributed by atoms with Gasteiger partial charge in [0.05, 0.1) is 17.5 Å². The predicted molar refractivity (Wildman–Crippen MR) is 138 cm³/mol. The normalized spacial score (nSPS) is 19.9. The molecule has 8 nitrogen and oxygen atoms in total. The van der Waals surface area contributed by atoms with Crippen LogP contribution in [0.2, 0.25) is 0 Å². The summed E-state index contributed by atoms with van der Waals surface area (Å²) in [5.74, 6) is -0.616. The van der Waals surface area contributed by atoms with Crippen LogP contribution in [0.1, 0.15) is 39.3 Å². The molecule has 5 rings (SSSR count). The van der Waals surface area contributed by atoms with E-state index >= 15 is 0 Å². The molecular weight excluding hydrogens is 495 g/mol. The molecule has 2 aliphatic rings. The monoisotopic (exact) mass is 522 g/mol. The van der Waals surface area contributed by atoms with Crippen LogP contribution in [0.25, 0.3) is 0 Å². The highest BCUT2D eigenvalue weighted by Crippen LogP contribution is 2.38. The van der Waals surface area contributed by atoms with Crippen molar-refractivity contribution in [3.63, 3.8) is 0 Å². The third-order valence-corrected chi connectivity index (χ3v) is 8.11. The highest BCUT2D eigenvalue weighted by molar-refractivity contribution is 7.10. The summed E-state index contributed by atoms with van der Waals surface area (Å²) in [7, 11) is 0. The minimum atomic E-state index is -0.520. The smallest absolute Gasteiger partial charge is 0.270 e. The van der Waals surface area contributed by atoms with Crippen molar-refractivity contribution < 1.29 is 18.9 Å². The summed E-state index contributed by atoms with van der Waals surface area (Å²) in [5, 5.41) is 13.1. The van der Waals surface area contributed by atoms with E-state index in [1.54, 1.807) is 33.3 Å². The van der Waals surface area contributed by atoms with Gasteiger partial charge in [-0.1, -0.05) is 18.2 Å². The zero-order valence-electron chi connectivity index (χ0n) is 20.4. The Morgan fingerprint density at radius 1 is 1.11 bits per heavy atom. The van der Waals surface area contributed by atoms with Gasteiger partial charge in [-0.3, -0.25) is 24.6 Å². The van der Waals surface area contributed by atoms with Crippen LogP contribution in [0.3, 0.4) is 0 Å². The van der Waals surface area contributed by atoms with E-state index in [2.05, 4.69) is 11.0 Å². The van der Waals surface area contributed by atoms with Crippen molar-refractivity contribution in [1.82, 2.24) is 14.7 Å². The average molecular weight is 523 g/mol. The molecule has 10 heteroatoms. The largest absolute Gasteiger partial charge is 0.338 e. The van der Waals surface area contributed by atoms with Crippen LogP contribution >= 0.6 is 11.3 Å². The summed E-state index contributed by atoms with van der Waals surface area (Å²) in [6.07, 6.45) is 0.841. The number of rotatable bonds is 5. The van der Waals surface area contributed by atoms with Crippen molar-refractivity contribution >= 4 is 28.8 Å². The number of halogens is 1. The predicted octanol–water partition coefficient (Wildman–Crippen LogP) is 4.12. The summed E-state index contributed by atoms with van der Waals surface area (Å²) in [5.41, 5.74) is 2.08.